The maximum Gasteiger partial charge on any atom is 0.303 e. The van der Waals surface area contributed by atoms with Gasteiger partial charge < -0.3 is 14.7 Å². The number of nitrogens with zero attached hydrogens (tertiary/aromatic N) is 2. The van der Waals surface area contributed by atoms with E-state index in [1.165, 1.54) is 0 Å². The van der Waals surface area contributed by atoms with E-state index in [4.69, 9.17) is 15.1 Å². The Labute approximate surface area is 115 Å². The van der Waals surface area contributed by atoms with Gasteiger partial charge in [0.2, 0.25) is 0 Å². The van der Waals surface area contributed by atoms with Gasteiger partial charge in [-0.25, -0.2) is 0 Å². The summed E-state index contributed by atoms with van der Waals surface area (Å²) >= 11 is 0. The number of hydrogen-bond acceptors (Lipinski definition) is 4. The molecule has 1 saturated heterocycles. The van der Waals surface area contributed by atoms with Gasteiger partial charge in [-0.1, -0.05) is 6.92 Å². The van der Waals surface area contributed by atoms with Crippen molar-refractivity contribution >= 4 is 5.97 Å². The number of nitriles is 1. The van der Waals surface area contributed by atoms with Crippen molar-refractivity contribution in [1.29, 1.82) is 5.26 Å². The van der Waals surface area contributed by atoms with Crippen LogP contribution in [0, 0.1) is 23.2 Å². The van der Waals surface area contributed by atoms with Crippen LogP contribution in [0.5, 0.6) is 0 Å². The minimum Gasteiger partial charge on any atom is -0.481 e. The first-order valence-corrected chi connectivity index (χ1v) is 6.98. The smallest absolute Gasteiger partial charge is 0.303 e. The number of hydrogen-bond donors (Lipinski definition) is 1. The van der Waals surface area contributed by atoms with Crippen LogP contribution in [0.3, 0.4) is 0 Å². The number of carboxylic acid groups (broad SMARTS) is 1. The minimum atomic E-state index is -0.712. The molecule has 0 spiro atoms. The Morgan fingerprint density at radius 1 is 1.58 bits per heavy atom. The molecule has 0 aromatic carbocycles. The number of aliphatic carboxylic acids is 1. The van der Waals surface area contributed by atoms with Crippen molar-refractivity contribution in [3.05, 3.63) is 0 Å². The highest BCUT2D eigenvalue weighted by atomic mass is 16.5. The van der Waals surface area contributed by atoms with Crippen molar-refractivity contribution in [2.45, 2.75) is 39.2 Å². The molecule has 5 heteroatoms. The maximum atomic E-state index is 10.7. The number of ether oxygens (including phenoxy) is 1. The second-order valence-corrected chi connectivity index (χ2v) is 5.42. The lowest BCUT2D eigenvalue weighted by atomic mass is 9.85. The van der Waals surface area contributed by atoms with Gasteiger partial charge in [-0.2, -0.15) is 5.26 Å². The van der Waals surface area contributed by atoms with Crippen molar-refractivity contribution in [3.8, 4) is 6.07 Å². The summed E-state index contributed by atoms with van der Waals surface area (Å²) in [6.07, 6.45) is 2.12. The molecular weight excluding hydrogens is 244 g/mol. The van der Waals surface area contributed by atoms with Crippen LogP contribution >= 0.6 is 0 Å². The summed E-state index contributed by atoms with van der Waals surface area (Å²) in [5, 5.41) is 17.5. The molecule has 1 N–H and O–H groups in total. The van der Waals surface area contributed by atoms with Gasteiger partial charge >= 0.3 is 5.97 Å². The molecule has 0 amide bonds. The summed E-state index contributed by atoms with van der Waals surface area (Å²) in [5.74, 6) is -0.0340. The predicted molar refractivity (Wildman–Crippen MR) is 71.6 cm³/mol. The van der Waals surface area contributed by atoms with E-state index in [9.17, 15) is 4.79 Å². The molecule has 1 heterocycles. The van der Waals surface area contributed by atoms with Gasteiger partial charge in [-0.3, -0.25) is 4.79 Å². The summed E-state index contributed by atoms with van der Waals surface area (Å²) < 4.78 is 5.36. The highest BCUT2D eigenvalue weighted by Gasteiger charge is 2.25. The number of piperidine rings is 1. The second-order valence-electron chi connectivity index (χ2n) is 5.42. The quantitative estimate of drug-likeness (QED) is 0.761. The van der Waals surface area contributed by atoms with E-state index in [-0.39, 0.29) is 18.4 Å². The van der Waals surface area contributed by atoms with E-state index in [2.05, 4.69) is 4.90 Å². The van der Waals surface area contributed by atoms with E-state index in [1.54, 1.807) is 6.92 Å². The van der Waals surface area contributed by atoms with Gasteiger partial charge in [0.05, 0.1) is 12.7 Å². The first kappa shape index (κ1) is 15.9. The summed E-state index contributed by atoms with van der Waals surface area (Å²) in [6, 6.07) is 2.05. The molecule has 3 atom stereocenters. The highest BCUT2D eigenvalue weighted by Crippen LogP contribution is 2.25. The lowest BCUT2D eigenvalue weighted by molar-refractivity contribution is -0.138. The SMILES string of the molecule is CC(C#N)OCCN1CCCC(C(C)CC(=O)O)C1. The lowest BCUT2D eigenvalue weighted by Crippen LogP contribution is -2.40. The Balaban J connectivity index is 2.30. The molecule has 0 aliphatic carbocycles. The molecule has 1 aliphatic heterocycles. The van der Waals surface area contributed by atoms with Crippen molar-refractivity contribution in [2.75, 3.05) is 26.2 Å². The zero-order chi connectivity index (χ0) is 14.3. The van der Waals surface area contributed by atoms with E-state index in [0.29, 0.717) is 12.5 Å². The Morgan fingerprint density at radius 3 is 2.95 bits per heavy atom. The fourth-order valence-corrected chi connectivity index (χ4v) is 2.60. The fourth-order valence-electron chi connectivity index (χ4n) is 2.60. The second kappa shape index (κ2) is 8.13. The topological polar surface area (TPSA) is 73.6 Å². The summed E-state index contributed by atoms with van der Waals surface area (Å²) in [5.41, 5.74) is 0. The molecule has 5 nitrogen and oxygen atoms in total. The van der Waals surface area contributed by atoms with E-state index >= 15 is 0 Å². The third-order valence-corrected chi connectivity index (χ3v) is 3.80. The standard InChI is InChI=1S/C14H24N2O3/c1-11(8-14(17)18)13-4-3-5-16(10-13)6-7-19-12(2)9-15/h11-13H,3-8,10H2,1-2H3,(H,17,18). The molecule has 1 fully saturated rings. The number of carboxylic acids is 1. The van der Waals surface area contributed by atoms with E-state index in [1.807, 2.05) is 13.0 Å². The molecular formula is C14H24N2O3. The highest BCUT2D eigenvalue weighted by molar-refractivity contribution is 5.66. The van der Waals surface area contributed by atoms with Crippen LogP contribution in [0.4, 0.5) is 0 Å². The van der Waals surface area contributed by atoms with Crippen molar-refractivity contribution in [1.82, 2.24) is 4.90 Å². The van der Waals surface area contributed by atoms with Crippen LogP contribution in [0.1, 0.15) is 33.1 Å². The van der Waals surface area contributed by atoms with Crippen molar-refractivity contribution in [2.24, 2.45) is 11.8 Å². The molecule has 108 valence electrons. The first-order valence-electron chi connectivity index (χ1n) is 6.98. The predicted octanol–water partition coefficient (Wildman–Crippen LogP) is 1.74. The zero-order valence-electron chi connectivity index (χ0n) is 11.8. The summed E-state index contributed by atoms with van der Waals surface area (Å²) in [6.45, 7) is 7.14. The normalized spacial score (nSPS) is 23.5. The van der Waals surface area contributed by atoms with Crippen LogP contribution in [-0.4, -0.2) is 48.3 Å². The van der Waals surface area contributed by atoms with Crippen LogP contribution in [0.25, 0.3) is 0 Å². The van der Waals surface area contributed by atoms with Crippen LogP contribution in [0.2, 0.25) is 0 Å². The molecule has 19 heavy (non-hydrogen) atoms. The summed E-state index contributed by atoms with van der Waals surface area (Å²) in [4.78, 5) is 13.1. The first-order chi connectivity index (χ1) is 9.02. The van der Waals surface area contributed by atoms with E-state index < -0.39 is 5.97 Å². The maximum absolute atomic E-state index is 10.7. The van der Waals surface area contributed by atoms with Crippen LogP contribution in [-0.2, 0) is 9.53 Å². The van der Waals surface area contributed by atoms with Crippen LogP contribution < -0.4 is 0 Å². The third kappa shape index (κ3) is 6.04. The fraction of sp³-hybridized carbons (Fsp3) is 0.857. The molecule has 0 bridgehead atoms. The molecule has 0 saturated carbocycles. The Bertz CT molecular complexity index is 327. The average Bonchev–Trinajstić information content (AvgIpc) is 2.38. The Morgan fingerprint density at radius 2 is 2.32 bits per heavy atom. The molecule has 0 radical (unpaired) electrons. The van der Waals surface area contributed by atoms with Crippen LogP contribution in [0.15, 0.2) is 0 Å². The Hall–Kier alpha value is -1.12. The average molecular weight is 268 g/mol. The number of likely N-dealkylation sites (tertiary alicyclic amines) is 1. The largest absolute Gasteiger partial charge is 0.481 e. The molecule has 3 unspecified atom stereocenters. The monoisotopic (exact) mass is 268 g/mol. The van der Waals surface area contributed by atoms with Gasteiger partial charge in [0.25, 0.3) is 0 Å². The lowest BCUT2D eigenvalue weighted by Gasteiger charge is -2.35. The van der Waals surface area contributed by atoms with E-state index in [0.717, 1.165) is 32.5 Å². The van der Waals surface area contributed by atoms with Gasteiger partial charge in [0.1, 0.15) is 6.10 Å². The number of carbonyl (C=O) groups is 1. The minimum absolute atomic E-state index is 0.222. The van der Waals surface area contributed by atoms with Gasteiger partial charge in [-0.15, -0.1) is 0 Å². The molecule has 0 aromatic heterocycles. The van der Waals surface area contributed by atoms with Gasteiger partial charge in [0.15, 0.2) is 0 Å². The van der Waals surface area contributed by atoms with Crippen molar-refractivity contribution < 1.29 is 14.6 Å². The molecule has 0 aromatic rings. The third-order valence-electron chi connectivity index (χ3n) is 3.80. The Kier molecular flexibility index (Phi) is 6.82. The number of rotatable bonds is 7. The van der Waals surface area contributed by atoms with Crippen molar-refractivity contribution in [3.63, 3.8) is 0 Å². The molecule has 1 rings (SSSR count). The summed E-state index contributed by atoms with van der Waals surface area (Å²) in [7, 11) is 0. The van der Waals surface area contributed by atoms with Gasteiger partial charge in [-0.05, 0) is 38.1 Å². The zero-order valence-corrected chi connectivity index (χ0v) is 11.8. The van der Waals surface area contributed by atoms with Gasteiger partial charge in [0, 0.05) is 19.5 Å². The molecule has 1 aliphatic rings.